The van der Waals surface area contributed by atoms with Crippen LogP contribution in [0.4, 0.5) is 4.39 Å². The Morgan fingerprint density at radius 1 is 1.03 bits per heavy atom. The lowest BCUT2D eigenvalue weighted by Crippen LogP contribution is -2.15. The molecule has 1 atom stereocenters. The summed E-state index contributed by atoms with van der Waals surface area (Å²) in [6, 6.07) is 11.0. The molecule has 2 aromatic heterocycles. The normalized spacial score (nSPS) is 12.7. The van der Waals surface area contributed by atoms with Crippen LogP contribution in [0, 0.1) is 26.7 Å². The van der Waals surface area contributed by atoms with Gasteiger partial charge in [-0.15, -0.1) is 0 Å². The molecule has 3 rings (SSSR count). The van der Waals surface area contributed by atoms with Gasteiger partial charge in [0.1, 0.15) is 11.3 Å². The summed E-state index contributed by atoms with van der Waals surface area (Å²) in [7, 11) is -2.14. The van der Waals surface area contributed by atoms with Crippen LogP contribution in [-0.4, -0.2) is 20.1 Å². The molecule has 0 aliphatic heterocycles. The maximum absolute atomic E-state index is 13.3. The monoisotopic (exact) mass is 468 g/mol. The Hall–Kier alpha value is -3.33. The molecule has 1 aromatic carbocycles. The third-order valence-corrected chi connectivity index (χ3v) is 5.55. The maximum atomic E-state index is 13.3. The molecule has 0 spiro atoms. The first-order chi connectivity index (χ1) is 15.5. The lowest BCUT2D eigenvalue weighted by molar-refractivity contribution is 0.0992. The summed E-state index contributed by atoms with van der Waals surface area (Å²) < 4.78 is 35.1. The highest BCUT2D eigenvalue weighted by Crippen LogP contribution is 2.33. The van der Waals surface area contributed by atoms with Gasteiger partial charge >= 0.3 is 5.91 Å². The van der Waals surface area contributed by atoms with Crippen molar-refractivity contribution in [2.75, 3.05) is 0 Å². The molecule has 0 aliphatic carbocycles. The fourth-order valence-corrected chi connectivity index (χ4v) is 3.77. The number of halogens is 1. The van der Waals surface area contributed by atoms with E-state index < -0.39 is 22.8 Å². The minimum Gasteiger partial charge on any atom is -0.438 e. The van der Waals surface area contributed by atoms with Crippen LogP contribution in [0.3, 0.4) is 0 Å². The van der Waals surface area contributed by atoms with Gasteiger partial charge < -0.3 is 4.74 Å². The molecule has 0 bridgehead atoms. The van der Waals surface area contributed by atoms with Crippen molar-refractivity contribution in [2.45, 2.75) is 52.0 Å². The van der Waals surface area contributed by atoms with E-state index in [0.717, 1.165) is 28.5 Å². The van der Waals surface area contributed by atoms with Gasteiger partial charge in [0.05, 0.1) is 0 Å². The summed E-state index contributed by atoms with van der Waals surface area (Å²) in [4.78, 5) is 20.9. The highest BCUT2D eigenvalue weighted by Gasteiger charge is 2.22. The van der Waals surface area contributed by atoms with Crippen molar-refractivity contribution < 1.29 is 18.1 Å². The average molecular weight is 469 g/mol. The van der Waals surface area contributed by atoms with Gasteiger partial charge in [-0.05, 0) is 56.2 Å². The standard InChI is InChI=1S/C24H25FN4O3S/c1-14-12-15(2)21(16(3)13-14)32-23-17(10-11-18(26-23)24(4,5)6)22(30)28-29-33(31)20-9-7-8-19(25)27-20/h7-13H,1-6H3. The Labute approximate surface area is 194 Å². The van der Waals surface area contributed by atoms with Gasteiger partial charge in [-0.2, -0.15) is 4.39 Å². The third-order valence-electron chi connectivity index (χ3n) is 4.74. The van der Waals surface area contributed by atoms with E-state index in [9.17, 15) is 13.4 Å². The summed E-state index contributed by atoms with van der Waals surface area (Å²) in [5.74, 6) is -0.914. The molecule has 0 aliphatic rings. The Balaban J connectivity index is 1.99. The van der Waals surface area contributed by atoms with Crippen molar-refractivity contribution >= 4 is 16.9 Å². The van der Waals surface area contributed by atoms with Crippen molar-refractivity contribution in [3.05, 3.63) is 76.4 Å². The Morgan fingerprint density at radius 2 is 1.70 bits per heavy atom. The molecule has 1 unspecified atom stereocenters. The van der Waals surface area contributed by atoms with E-state index in [0.29, 0.717) is 5.75 Å². The summed E-state index contributed by atoms with van der Waals surface area (Å²) in [6.45, 7) is 11.8. The average Bonchev–Trinajstić information content (AvgIpc) is 2.73. The lowest BCUT2D eigenvalue weighted by Gasteiger charge is -2.20. The van der Waals surface area contributed by atoms with E-state index in [-0.39, 0.29) is 21.9 Å². The smallest absolute Gasteiger partial charge is 0.301 e. The molecule has 0 fully saturated rings. The second-order valence-corrected chi connectivity index (χ2v) is 9.74. The number of hydrogen-bond acceptors (Lipinski definition) is 5. The number of carbonyl (C=O) groups is 1. The molecule has 3 aromatic rings. The van der Waals surface area contributed by atoms with Gasteiger partial charge in [-0.1, -0.05) is 54.2 Å². The number of pyridine rings is 2. The topological polar surface area (TPSA) is 93.9 Å². The summed E-state index contributed by atoms with van der Waals surface area (Å²) in [5.41, 5.74) is 3.38. The first-order valence-corrected chi connectivity index (χ1v) is 11.3. The van der Waals surface area contributed by atoms with Crippen molar-refractivity contribution in [3.63, 3.8) is 0 Å². The van der Waals surface area contributed by atoms with Crippen molar-refractivity contribution in [1.82, 2.24) is 9.97 Å². The highest BCUT2D eigenvalue weighted by atomic mass is 32.2. The van der Waals surface area contributed by atoms with E-state index in [1.807, 2.05) is 53.7 Å². The second-order valence-electron chi connectivity index (χ2n) is 8.66. The van der Waals surface area contributed by atoms with Crippen LogP contribution in [-0.2, 0) is 16.4 Å². The Kier molecular flexibility index (Phi) is 7.12. The van der Waals surface area contributed by atoms with Gasteiger partial charge in [0.25, 0.3) is 0 Å². The molecule has 0 radical (unpaired) electrons. The minimum atomic E-state index is -2.14. The van der Waals surface area contributed by atoms with E-state index in [2.05, 4.69) is 19.6 Å². The predicted octanol–water partition coefficient (Wildman–Crippen LogP) is 5.95. The molecule has 2 heterocycles. The van der Waals surface area contributed by atoms with Gasteiger partial charge in [-0.3, -0.25) is 4.79 Å². The van der Waals surface area contributed by atoms with Crippen LogP contribution in [0.1, 0.15) is 53.5 Å². The van der Waals surface area contributed by atoms with Crippen LogP contribution in [0.5, 0.6) is 11.6 Å². The van der Waals surface area contributed by atoms with Crippen LogP contribution in [0.25, 0.3) is 0 Å². The van der Waals surface area contributed by atoms with E-state index in [4.69, 9.17) is 4.74 Å². The molecule has 7 nitrogen and oxygen atoms in total. The Morgan fingerprint density at radius 3 is 2.30 bits per heavy atom. The first-order valence-electron chi connectivity index (χ1n) is 10.2. The number of hydrogen-bond donors (Lipinski definition) is 0. The molecule has 33 heavy (non-hydrogen) atoms. The van der Waals surface area contributed by atoms with E-state index in [1.54, 1.807) is 12.1 Å². The van der Waals surface area contributed by atoms with Crippen LogP contribution in [0.2, 0.25) is 0 Å². The van der Waals surface area contributed by atoms with Gasteiger partial charge in [0, 0.05) is 11.1 Å². The van der Waals surface area contributed by atoms with Crippen molar-refractivity contribution in [3.8, 4) is 11.6 Å². The fourth-order valence-electron chi connectivity index (χ4n) is 3.18. The maximum Gasteiger partial charge on any atom is 0.301 e. The number of aryl methyl sites for hydroxylation is 3. The third kappa shape index (κ3) is 5.92. The summed E-state index contributed by atoms with van der Waals surface area (Å²) in [5, 5.41) is 3.41. The molecular weight excluding hydrogens is 443 g/mol. The minimum absolute atomic E-state index is 0.0651. The summed E-state index contributed by atoms with van der Waals surface area (Å²) >= 11 is 0. The number of carbonyl (C=O) groups excluding carboxylic acids is 1. The fraction of sp³-hybridized carbons (Fsp3) is 0.292. The second kappa shape index (κ2) is 9.66. The number of rotatable bonds is 5. The van der Waals surface area contributed by atoms with Crippen molar-refractivity contribution in [2.24, 2.45) is 9.63 Å². The molecule has 9 heteroatoms. The Bertz CT molecular complexity index is 1250. The zero-order chi connectivity index (χ0) is 24.3. The number of aromatic nitrogens is 2. The number of benzene rings is 1. The highest BCUT2D eigenvalue weighted by molar-refractivity contribution is 7.83. The number of amides is 1. The molecule has 0 saturated carbocycles. The predicted molar refractivity (Wildman–Crippen MR) is 123 cm³/mol. The van der Waals surface area contributed by atoms with Crippen LogP contribution in [0.15, 0.2) is 57.1 Å². The first kappa shape index (κ1) is 24.3. The number of ether oxygens (including phenoxy) is 1. The van der Waals surface area contributed by atoms with E-state index >= 15 is 0 Å². The largest absolute Gasteiger partial charge is 0.438 e. The summed E-state index contributed by atoms with van der Waals surface area (Å²) in [6.07, 6.45) is 0. The van der Waals surface area contributed by atoms with Gasteiger partial charge in [0.15, 0.2) is 5.03 Å². The zero-order valence-electron chi connectivity index (χ0n) is 19.3. The zero-order valence-corrected chi connectivity index (χ0v) is 20.2. The molecule has 1 amide bonds. The molecule has 172 valence electrons. The van der Waals surface area contributed by atoms with Crippen LogP contribution >= 0.6 is 0 Å². The van der Waals surface area contributed by atoms with Crippen molar-refractivity contribution in [1.29, 1.82) is 0 Å². The molecule has 0 saturated heterocycles. The quantitative estimate of drug-likeness (QED) is 0.341. The molecule has 0 N–H and O–H groups in total. The van der Waals surface area contributed by atoms with E-state index in [1.165, 1.54) is 12.1 Å². The van der Waals surface area contributed by atoms with Gasteiger partial charge in [0.2, 0.25) is 22.8 Å². The van der Waals surface area contributed by atoms with Crippen LogP contribution < -0.4 is 4.74 Å². The van der Waals surface area contributed by atoms with Gasteiger partial charge in [-0.25, -0.2) is 14.2 Å². The number of nitrogens with zero attached hydrogens (tertiary/aromatic N) is 4. The SMILES string of the molecule is Cc1cc(C)c(Oc2nc(C(C)(C)C)ccc2C(=O)N=NS(=O)c2cccc(F)n2)c(C)c1. The lowest BCUT2D eigenvalue weighted by atomic mass is 9.91. The molecular formula is C24H25FN4O3S.